The average molecular weight is 571 g/mol. The van der Waals surface area contributed by atoms with Crippen LogP contribution in [0.4, 0.5) is 0 Å². The molecule has 13 nitrogen and oxygen atoms in total. The minimum atomic E-state index is -1.03. The fourth-order valence-electron chi connectivity index (χ4n) is 4.06. The SMILES string of the molecule is CC(C)[C@H](NC(=O)CNC(=O)[C@@H](N)Cc1cn(C(=O)[C@@H](N)CCCCN)cn1)C(=O)N[C@H](C=O)Cc1ccccc1. The van der Waals surface area contributed by atoms with E-state index >= 15 is 0 Å². The molecule has 41 heavy (non-hydrogen) atoms. The Labute approximate surface area is 240 Å². The van der Waals surface area contributed by atoms with E-state index in [9.17, 15) is 24.0 Å². The van der Waals surface area contributed by atoms with Crippen molar-refractivity contribution in [2.24, 2.45) is 23.1 Å². The van der Waals surface area contributed by atoms with Crippen LogP contribution in [-0.2, 0) is 32.0 Å². The van der Waals surface area contributed by atoms with Crippen molar-refractivity contribution in [3.63, 3.8) is 0 Å². The predicted molar refractivity (Wildman–Crippen MR) is 153 cm³/mol. The largest absolute Gasteiger partial charge is 0.346 e. The van der Waals surface area contributed by atoms with Crippen molar-refractivity contribution in [1.29, 1.82) is 0 Å². The molecule has 0 radical (unpaired) electrons. The number of unbranched alkanes of at least 4 members (excludes halogenated alkanes) is 1. The van der Waals surface area contributed by atoms with E-state index < -0.39 is 48.4 Å². The molecular formula is C28H42N8O5. The molecule has 1 heterocycles. The Bertz CT molecular complexity index is 1150. The standard InChI is InChI=1S/C28H42N8O5/c1-18(2)25(27(40)34-21(16-37)12-19-8-4-3-5-9-19)35-24(38)14-32-26(39)23(31)13-20-15-36(17-33-20)28(41)22(30)10-6-7-11-29/h3-5,8-9,15-18,21-23,25H,6-7,10-14,29-31H2,1-2H3,(H,32,39)(H,34,40)(H,35,38)/t21-,22-,23-,25-/m0/s1. The Hall–Kier alpha value is -3.94. The number of aromatic nitrogens is 2. The minimum Gasteiger partial charge on any atom is -0.346 e. The van der Waals surface area contributed by atoms with E-state index in [1.165, 1.54) is 17.1 Å². The highest BCUT2D eigenvalue weighted by atomic mass is 16.2. The third-order valence-corrected chi connectivity index (χ3v) is 6.42. The second kappa shape index (κ2) is 17.0. The Morgan fingerprint density at radius 1 is 0.976 bits per heavy atom. The fraction of sp³-hybridized carbons (Fsp3) is 0.500. The van der Waals surface area contributed by atoms with Gasteiger partial charge in [-0.1, -0.05) is 50.6 Å². The summed E-state index contributed by atoms with van der Waals surface area (Å²) in [5.41, 5.74) is 18.7. The molecule has 0 unspecified atom stereocenters. The lowest BCUT2D eigenvalue weighted by Crippen LogP contribution is -2.55. The fourth-order valence-corrected chi connectivity index (χ4v) is 4.06. The molecule has 0 saturated heterocycles. The first-order chi connectivity index (χ1) is 19.5. The van der Waals surface area contributed by atoms with Gasteiger partial charge in [-0.2, -0.15) is 0 Å². The smallest absolute Gasteiger partial charge is 0.248 e. The van der Waals surface area contributed by atoms with Crippen molar-refractivity contribution in [2.75, 3.05) is 13.1 Å². The van der Waals surface area contributed by atoms with Crippen LogP contribution in [-0.4, -0.2) is 76.7 Å². The number of benzene rings is 1. The molecule has 3 amide bonds. The summed E-state index contributed by atoms with van der Waals surface area (Å²) >= 11 is 0. The molecular weight excluding hydrogens is 528 g/mol. The van der Waals surface area contributed by atoms with E-state index in [1.54, 1.807) is 13.8 Å². The number of nitrogens with one attached hydrogen (secondary N) is 3. The van der Waals surface area contributed by atoms with Crippen LogP contribution < -0.4 is 33.2 Å². The molecule has 0 aliphatic heterocycles. The average Bonchev–Trinajstić information content (AvgIpc) is 3.42. The van der Waals surface area contributed by atoms with Gasteiger partial charge in [0.2, 0.25) is 23.6 Å². The van der Waals surface area contributed by atoms with Gasteiger partial charge in [0.05, 0.1) is 30.4 Å². The molecule has 224 valence electrons. The van der Waals surface area contributed by atoms with Crippen molar-refractivity contribution in [3.8, 4) is 0 Å². The summed E-state index contributed by atoms with van der Waals surface area (Å²) in [7, 11) is 0. The lowest BCUT2D eigenvalue weighted by atomic mass is 10.0. The van der Waals surface area contributed by atoms with Crippen LogP contribution in [0.25, 0.3) is 0 Å². The predicted octanol–water partition coefficient (Wildman–Crippen LogP) is -0.967. The first-order valence-electron chi connectivity index (χ1n) is 13.7. The maximum Gasteiger partial charge on any atom is 0.248 e. The van der Waals surface area contributed by atoms with E-state index in [4.69, 9.17) is 17.2 Å². The highest BCUT2D eigenvalue weighted by molar-refractivity contribution is 5.92. The van der Waals surface area contributed by atoms with Crippen LogP contribution in [0.3, 0.4) is 0 Å². The number of aldehydes is 1. The summed E-state index contributed by atoms with van der Waals surface area (Å²) in [5, 5.41) is 7.72. The van der Waals surface area contributed by atoms with Crippen LogP contribution in [0.2, 0.25) is 0 Å². The van der Waals surface area contributed by atoms with Gasteiger partial charge in [-0.3, -0.25) is 23.7 Å². The molecule has 0 aliphatic rings. The number of hydrogen-bond donors (Lipinski definition) is 6. The number of carbonyl (C=O) groups is 5. The monoisotopic (exact) mass is 570 g/mol. The van der Waals surface area contributed by atoms with Gasteiger partial charge in [0.25, 0.3) is 0 Å². The quantitative estimate of drug-likeness (QED) is 0.102. The van der Waals surface area contributed by atoms with Gasteiger partial charge in [-0.05, 0) is 37.3 Å². The molecule has 2 rings (SSSR count). The number of nitrogens with zero attached hydrogens (tertiary/aromatic N) is 2. The van der Waals surface area contributed by atoms with Gasteiger partial charge in [0, 0.05) is 12.6 Å². The molecule has 0 fully saturated rings. The summed E-state index contributed by atoms with van der Waals surface area (Å²) in [4.78, 5) is 66.0. The normalized spacial score (nSPS) is 14.0. The van der Waals surface area contributed by atoms with Crippen molar-refractivity contribution >= 4 is 29.9 Å². The van der Waals surface area contributed by atoms with Crippen LogP contribution in [0.5, 0.6) is 0 Å². The Morgan fingerprint density at radius 3 is 2.32 bits per heavy atom. The molecule has 0 bridgehead atoms. The maximum absolute atomic E-state index is 12.8. The van der Waals surface area contributed by atoms with E-state index in [1.807, 2.05) is 30.3 Å². The Balaban J connectivity index is 1.84. The molecule has 9 N–H and O–H groups in total. The first kappa shape index (κ1) is 33.3. The molecule has 1 aromatic carbocycles. The maximum atomic E-state index is 12.8. The van der Waals surface area contributed by atoms with E-state index in [0.29, 0.717) is 31.4 Å². The minimum absolute atomic E-state index is 0.0294. The second-order valence-corrected chi connectivity index (χ2v) is 10.3. The molecule has 2 aromatic rings. The van der Waals surface area contributed by atoms with Crippen LogP contribution in [0.1, 0.15) is 49.2 Å². The topological polar surface area (TPSA) is 217 Å². The first-order valence-corrected chi connectivity index (χ1v) is 13.7. The molecule has 1 aromatic heterocycles. The van der Waals surface area contributed by atoms with Crippen LogP contribution in [0.15, 0.2) is 42.9 Å². The second-order valence-electron chi connectivity index (χ2n) is 10.3. The van der Waals surface area contributed by atoms with Gasteiger partial charge in [-0.15, -0.1) is 0 Å². The summed E-state index contributed by atoms with van der Waals surface area (Å²) in [5.74, 6) is -2.31. The van der Waals surface area contributed by atoms with E-state index in [-0.39, 0.29) is 18.2 Å². The highest BCUT2D eigenvalue weighted by Crippen LogP contribution is 2.07. The molecule has 0 spiro atoms. The lowest BCUT2D eigenvalue weighted by Gasteiger charge is -2.24. The number of rotatable bonds is 17. The van der Waals surface area contributed by atoms with E-state index in [2.05, 4.69) is 20.9 Å². The molecule has 0 saturated carbocycles. The molecule has 13 heteroatoms. The number of imidazole rings is 1. The molecule has 4 atom stereocenters. The summed E-state index contributed by atoms with van der Waals surface area (Å²) in [6.45, 7) is 3.63. The number of amides is 3. The zero-order chi connectivity index (χ0) is 30.4. The summed E-state index contributed by atoms with van der Waals surface area (Å²) < 4.78 is 1.27. The van der Waals surface area contributed by atoms with Crippen molar-refractivity contribution < 1.29 is 24.0 Å². The zero-order valence-electron chi connectivity index (χ0n) is 23.6. The third-order valence-electron chi connectivity index (χ3n) is 6.42. The van der Waals surface area contributed by atoms with Gasteiger partial charge < -0.3 is 37.9 Å². The van der Waals surface area contributed by atoms with Gasteiger partial charge >= 0.3 is 0 Å². The van der Waals surface area contributed by atoms with Gasteiger partial charge in [0.15, 0.2) is 0 Å². The Kier molecular flexibility index (Phi) is 13.8. The third kappa shape index (κ3) is 11.2. The summed E-state index contributed by atoms with van der Waals surface area (Å²) in [6, 6.07) is 5.84. The number of hydrogen-bond acceptors (Lipinski definition) is 9. The van der Waals surface area contributed by atoms with Crippen molar-refractivity contribution in [1.82, 2.24) is 25.5 Å². The van der Waals surface area contributed by atoms with Gasteiger partial charge in [0.1, 0.15) is 18.7 Å². The summed E-state index contributed by atoms with van der Waals surface area (Å²) in [6.07, 6.45) is 5.81. The number of nitrogens with two attached hydrogens (primary N) is 3. The van der Waals surface area contributed by atoms with E-state index in [0.717, 1.165) is 18.4 Å². The van der Waals surface area contributed by atoms with Crippen molar-refractivity contribution in [2.45, 2.75) is 70.1 Å². The van der Waals surface area contributed by atoms with Crippen LogP contribution >= 0.6 is 0 Å². The van der Waals surface area contributed by atoms with Gasteiger partial charge in [-0.25, -0.2) is 4.98 Å². The van der Waals surface area contributed by atoms with Crippen LogP contribution in [0, 0.1) is 5.92 Å². The molecule has 0 aliphatic carbocycles. The lowest BCUT2D eigenvalue weighted by molar-refractivity contribution is -0.131. The number of carbonyl (C=O) groups excluding carboxylic acids is 5. The zero-order valence-corrected chi connectivity index (χ0v) is 23.6. The Morgan fingerprint density at radius 2 is 1.68 bits per heavy atom. The van der Waals surface area contributed by atoms with Crippen molar-refractivity contribution in [3.05, 3.63) is 54.1 Å². The highest BCUT2D eigenvalue weighted by Gasteiger charge is 2.27.